The minimum Gasteiger partial charge on any atom is -0.455 e. The Morgan fingerprint density at radius 3 is 1.76 bits per heavy atom. The fourth-order valence-corrected chi connectivity index (χ4v) is 8.88. The van der Waals surface area contributed by atoms with Gasteiger partial charge in [0.25, 0.3) is 0 Å². The van der Waals surface area contributed by atoms with Crippen molar-refractivity contribution in [3.8, 4) is 55.9 Å². The first-order valence-corrected chi connectivity index (χ1v) is 20.2. The third-order valence-corrected chi connectivity index (χ3v) is 12.1. The molecule has 0 aliphatic rings. The number of fused-ring (bicyclic) bond motifs is 6. The minimum atomic E-state index is 0.333. The van der Waals surface area contributed by atoms with Crippen LogP contribution in [0.2, 0.25) is 0 Å². The number of hydrogen-bond acceptors (Lipinski definition) is 2. The Hall–Kier alpha value is -6.78. The molecular weight excluding hydrogens is 709 g/mol. The van der Waals surface area contributed by atoms with E-state index in [1.54, 1.807) is 0 Å². The number of nitrogens with zero attached hydrogens (tertiary/aromatic N) is 2. The predicted octanol–water partition coefficient (Wildman–Crippen LogP) is 13.5. The summed E-state index contributed by atoms with van der Waals surface area (Å²) in [6.07, 6.45) is 4.33. The number of furan rings is 2. The molecule has 0 spiro atoms. The molecule has 0 saturated heterocycles. The number of aromatic nitrogens is 2. The SMILES string of the molecule is Cc1cccc(-c2cc[n+](C)c(-c3c(C)ccc4c3oc3cccc(-c5cc(-c6cc[n+](C)c(-c7c(C)ccc8c7oc7ccccc78)c6)cc(C(C)C)c5)c34)c2)c1. The van der Waals surface area contributed by atoms with Crippen LogP contribution in [0.15, 0.2) is 155 Å². The summed E-state index contributed by atoms with van der Waals surface area (Å²) in [7, 11) is 4.24. The van der Waals surface area contributed by atoms with Gasteiger partial charge in [-0.3, -0.25) is 0 Å². The molecule has 4 heteroatoms. The highest BCUT2D eigenvalue weighted by Gasteiger charge is 2.25. The maximum Gasteiger partial charge on any atom is 0.216 e. The molecule has 6 aromatic carbocycles. The lowest BCUT2D eigenvalue weighted by Gasteiger charge is -2.14. The van der Waals surface area contributed by atoms with Crippen molar-refractivity contribution in [1.29, 1.82) is 0 Å². The van der Waals surface area contributed by atoms with Crippen LogP contribution in [0.5, 0.6) is 0 Å². The summed E-state index contributed by atoms with van der Waals surface area (Å²) in [6, 6.07) is 48.5. The monoisotopic (exact) mass is 754 g/mol. The molecule has 0 bridgehead atoms. The summed E-state index contributed by atoms with van der Waals surface area (Å²) in [5.74, 6) is 0.333. The van der Waals surface area contributed by atoms with Gasteiger partial charge in [-0.05, 0) is 95.0 Å². The molecule has 0 radical (unpaired) electrons. The van der Waals surface area contributed by atoms with Gasteiger partial charge >= 0.3 is 0 Å². The van der Waals surface area contributed by atoms with Crippen LogP contribution in [0, 0.1) is 20.8 Å². The Morgan fingerprint density at radius 1 is 0.466 bits per heavy atom. The van der Waals surface area contributed by atoms with Crippen molar-refractivity contribution in [3.63, 3.8) is 0 Å². The topological polar surface area (TPSA) is 34.0 Å². The molecule has 58 heavy (non-hydrogen) atoms. The summed E-state index contributed by atoms with van der Waals surface area (Å²) < 4.78 is 17.9. The number of aryl methyl sites for hydroxylation is 5. The first-order chi connectivity index (χ1) is 28.1. The van der Waals surface area contributed by atoms with Gasteiger partial charge in [0.2, 0.25) is 11.4 Å². The molecule has 0 aliphatic carbocycles. The van der Waals surface area contributed by atoms with Gasteiger partial charge in [-0.25, -0.2) is 9.13 Å². The Morgan fingerprint density at radius 2 is 1.05 bits per heavy atom. The van der Waals surface area contributed by atoms with Crippen LogP contribution in [0.1, 0.15) is 42.0 Å². The molecule has 0 saturated carbocycles. The van der Waals surface area contributed by atoms with E-state index in [2.05, 4.69) is 198 Å². The van der Waals surface area contributed by atoms with E-state index < -0.39 is 0 Å². The molecule has 0 unspecified atom stereocenters. The fraction of sp³-hybridized carbons (Fsp3) is 0.148. The van der Waals surface area contributed by atoms with Crippen molar-refractivity contribution in [2.24, 2.45) is 14.1 Å². The molecule has 4 heterocycles. The van der Waals surface area contributed by atoms with Gasteiger partial charge in [0.05, 0.1) is 11.1 Å². The van der Waals surface area contributed by atoms with E-state index in [0.717, 1.165) is 77.5 Å². The Balaban J connectivity index is 1.14. The van der Waals surface area contributed by atoms with Gasteiger partial charge in [0.15, 0.2) is 12.4 Å². The molecule has 0 aliphatic heterocycles. The molecule has 0 atom stereocenters. The van der Waals surface area contributed by atoms with E-state index in [0.29, 0.717) is 5.92 Å². The van der Waals surface area contributed by atoms with E-state index in [4.69, 9.17) is 8.83 Å². The zero-order valence-electron chi connectivity index (χ0n) is 34.1. The van der Waals surface area contributed by atoms with Gasteiger partial charge in [0, 0.05) is 45.8 Å². The Labute approximate surface area is 339 Å². The molecule has 282 valence electrons. The molecule has 4 aromatic heterocycles. The summed E-state index contributed by atoms with van der Waals surface area (Å²) in [5.41, 5.74) is 20.1. The van der Waals surface area contributed by atoms with Crippen molar-refractivity contribution >= 4 is 43.9 Å². The summed E-state index contributed by atoms with van der Waals surface area (Å²) in [6.45, 7) is 11.1. The molecule has 4 nitrogen and oxygen atoms in total. The average molecular weight is 755 g/mol. The zero-order chi connectivity index (χ0) is 39.8. The van der Waals surface area contributed by atoms with Crippen molar-refractivity contribution in [2.75, 3.05) is 0 Å². The highest BCUT2D eigenvalue weighted by atomic mass is 16.3. The lowest BCUT2D eigenvalue weighted by atomic mass is 9.90. The van der Waals surface area contributed by atoms with Crippen LogP contribution in [-0.2, 0) is 14.1 Å². The second kappa shape index (κ2) is 13.7. The average Bonchev–Trinajstić information content (AvgIpc) is 3.80. The zero-order valence-corrected chi connectivity index (χ0v) is 34.1. The van der Waals surface area contributed by atoms with Crippen molar-refractivity contribution in [3.05, 3.63) is 168 Å². The van der Waals surface area contributed by atoms with E-state index in [1.165, 1.54) is 44.5 Å². The van der Waals surface area contributed by atoms with Gasteiger partial charge in [-0.1, -0.05) is 110 Å². The third-order valence-electron chi connectivity index (χ3n) is 12.1. The highest BCUT2D eigenvalue weighted by Crippen LogP contribution is 2.44. The molecule has 10 rings (SSSR count). The quantitative estimate of drug-likeness (QED) is 0.158. The third kappa shape index (κ3) is 5.82. The smallest absolute Gasteiger partial charge is 0.216 e. The van der Waals surface area contributed by atoms with Crippen LogP contribution in [0.25, 0.3) is 99.8 Å². The predicted molar refractivity (Wildman–Crippen MR) is 239 cm³/mol. The van der Waals surface area contributed by atoms with Crippen molar-refractivity contribution in [2.45, 2.75) is 40.5 Å². The molecule has 0 fully saturated rings. The number of hydrogen-bond donors (Lipinski definition) is 0. The lowest BCUT2D eigenvalue weighted by Crippen LogP contribution is -2.30. The van der Waals surface area contributed by atoms with Crippen LogP contribution >= 0.6 is 0 Å². The van der Waals surface area contributed by atoms with Crippen molar-refractivity contribution in [1.82, 2.24) is 0 Å². The number of rotatable bonds is 6. The second-order valence-corrected chi connectivity index (χ2v) is 16.3. The summed E-state index contributed by atoms with van der Waals surface area (Å²) >= 11 is 0. The maximum atomic E-state index is 6.91. The van der Waals surface area contributed by atoms with E-state index in [-0.39, 0.29) is 0 Å². The number of pyridine rings is 2. The van der Waals surface area contributed by atoms with Gasteiger partial charge in [-0.2, -0.15) is 0 Å². The minimum absolute atomic E-state index is 0.333. The molecular formula is C54H46N2O2+2. The first kappa shape index (κ1) is 35.6. The van der Waals surface area contributed by atoms with Gasteiger partial charge in [0.1, 0.15) is 36.4 Å². The van der Waals surface area contributed by atoms with Crippen LogP contribution in [0.4, 0.5) is 0 Å². The van der Waals surface area contributed by atoms with Gasteiger partial charge < -0.3 is 8.83 Å². The van der Waals surface area contributed by atoms with Crippen LogP contribution in [0.3, 0.4) is 0 Å². The Kier molecular flexibility index (Phi) is 8.42. The van der Waals surface area contributed by atoms with Crippen LogP contribution in [-0.4, -0.2) is 0 Å². The van der Waals surface area contributed by atoms with E-state index in [1.807, 2.05) is 6.07 Å². The van der Waals surface area contributed by atoms with E-state index in [9.17, 15) is 0 Å². The number of para-hydroxylation sites is 1. The molecule has 10 aromatic rings. The Bertz CT molecular complexity index is 3270. The maximum absolute atomic E-state index is 6.91. The normalized spacial score (nSPS) is 11.9. The van der Waals surface area contributed by atoms with Crippen molar-refractivity contribution < 1.29 is 18.0 Å². The summed E-state index contributed by atoms with van der Waals surface area (Å²) in [4.78, 5) is 0. The largest absolute Gasteiger partial charge is 0.455 e. The number of benzene rings is 6. The second-order valence-electron chi connectivity index (χ2n) is 16.3. The van der Waals surface area contributed by atoms with Crippen LogP contribution < -0.4 is 9.13 Å². The lowest BCUT2D eigenvalue weighted by molar-refractivity contribution is -0.660. The molecule has 0 N–H and O–H groups in total. The highest BCUT2D eigenvalue weighted by molar-refractivity contribution is 6.16. The van der Waals surface area contributed by atoms with E-state index >= 15 is 0 Å². The van der Waals surface area contributed by atoms with Gasteiger partial charge in [-0.15, -0.1) is 0 Å². The molecule has 0 amide bonds. The fourth-order valence-electron chi connectivity index (χ4n) is 8.88. The first-order valence-electron chi connectivity index (χ1n) is 20.2. The summed E-state index contributed by atoms with van der Waals surface area (Å²) in [5, 5.41) is 4.53. The standard InChI is InChI=1S/C54H46N2O2/c1-32(2)39-27-40(38-23-25-56(7)47(31-38)50-34(4)18-20-44-43-14-8-9-16-48(43)57-53(44)50)29-41(28-39)42-15-11-17-49-52(42)45-21-19-35(5)51(54(45)58-49)46-30-37(22-24-55(46)6)36-13-10-12-33(3)26-36/h8-32H,1-7H3/q+2.